The Morgan fingerprint density at radius 3 is 2.57 bits per heavy atom. The fourth-order valence-electron chi connectivity index (χ4n) is 1.76. The maximum atomic E-state index is 11.9. The highest BCUT2D eigenvalue weighted by Gasteiger charge is 2.21. The number of allylic oxidation sites excluding steroid dienone is 3. The monoisotopic (exact) mass is 287 g/mol. The van der Waals surface area contributed by atoms with Crippen molar-refractivity contribution < 1.29 is 14.3 Å². The summed E-state index contributed by atoms with van der Waals surface area (Å²) in [7, 11) is 0. The zero-order chi connectivity index (χ0) is 15.5. The third-order valence-corrected chi connectivity index (χ3v) is 2.72. The first-order valence-electron chi connectivity index (χ1n) is 6.97. The molecule has 0 spiro atoms. The van der Waals surface area contributed by atoms with Gasteiger partial charge < -0.3 is 10.1 Å². The second-order valence-electron chi connectivity index (χ2n) is 4.39. The summed E-state index contributed by atoms with van der Waals surface area (Å²) >= 11 is 0. The van der Waals surface area contributed by atoms with E-state index in [-0.39, 0.29) is 12.5 Å². The van der Waals surface area contributed by atoms with Gasteiger partial charge in [-0.3, -0.25) is 4.79 Å². The normalized spacial score (nSPS) is 12.5. The molecule has 0 saturated heterocycles. The SMILES string of the molecule is C/C=C/C=C/C(=O)N[C@@H](Cc1ccccc1)C(=O)OCC. The van der Waals surface area contributed by atoms with Crippen molar-refractivity contribution in [3.05, 3.63) is 60.2 Å². The van der Waals surface area contributed by atoms with Crippen LogP contribution in [0.4, 0.5) is 0 Å². The van der Waals surface area contributed by atoms with E-state index in [4.69, 9.17) is 4.74 Å². The van der Waals surface area contributed by atoms with E-state index in [1.165, 1.54) is 6.08 Å². The third-order valence-electron chi connectivity index (χ3n) is 2.72. The summed E-state index contributed by atoms with van der Waals surface area (Å²) in [4.78, 5) is 23.7. The Morgan fingerprint density at radius 2 is 1.95 bits per heavy atom. The number of benzene rings is 1. The molecule has 112 valence electrons. The van der Waals surface area contributed by atoms with Gasteiger partial charge >= 0.3 is 5.97 Å². The molecule has 4 nitrogen and oxygen atoms in total. The van der Waals surface area contributed by atoms with Crippen LogP contribution < -0.4 is 5.32 Å². The molecule has 1 atom stereocenters. The highest BCUT2D eigenvalue weighted by Crippen LogP contribution is 2.05. The van der Waals surface area contributed by atoms with Crippen molar-refractivity contribution >= 4 is 11.9 Å². The van der Waals surface area contributed by atoms with Gasteiger partial charge in [-0.2, -0.15) is 0 Å². The van der Waals surface area contributed by atoms with Gasteiger partial charge in [0.1, 0.15) is 6.04 Å². The van der Waals surface area contributed by atoms with Gasteiger partial charge in [0.15, 0.2) is 0 Å². The number of hydrogen-bond donors (Lipinski definition) is 1. The maximum Gasteiger partial charge on any atom is 0.328 e. The van der Waals surface area contributed by atoms with E-state index in [2.05, 4.69) is 5.32 Å². The lowest BCUT2D eigenvalue weighted by molar-refractivity contribution is -0.146. The maximum absolute atomic E-state index is 11.9. The van der Waals surface area contributed by atoms with Crippen molar-refractivity contribution in [3.63, 3.8) is 0 Å². The Hall–Kier alpha value is -2.36. The van der Waals surface area contributed by atoms with Gasteiger partial charge in [0.2, 0.25) is 5.91 Å². The summed E-state index contributed by atoms with van der Waals surface area (Å²) < 4.78 is 5.01. The van der Waals surface area contributed by atoms with E-state index in [1.807, 2.05) is 43.3 Å². The fourth-order valence-corrected chi connectivity index (χ4v) is 1.76. The minimum Gasteiger partial charge on any atom is -0.464 e. The van der Waals surface area contributed by atoms with E-state index >= 15 is 0 Å². The molecule has 1 N–H and O–H groups in total. The molecular weight excluding hydrogens is 266 g/mol. The van der Waals surface area contributed by atoms with Crippen molar-refractivity contribution in [2.75, 3.05) is 6.61 Å². The fraction of sp³-hybridized carbons (Fsp3) is 0.294. The summed E-state index contributed by atoms with van der Waals surface area (Å²) in [6, 6.07) is 8.83. The number of ether oxygens (including phenoxy) is 1. The number of carbonyl (C=O) groups is 2. The summed E-state index contributed by atoms with van der Waals surface area (Å²) in [6.45, 7) is 3.89. The van der Waals surface area contributed by atoms with E-state index in [0.29, 0.717) is 6.42 Å². The predicted molar refractivity (Wildman–Crippen MR) is 82.7 cm³/mol. The molecule has 0 fully saturated rings. The van der Waals surface area contributed by atoms with Crippen LogP contribution in [0.2, 0.25) is 0 Å². The molecule has 0 aromatic heterocycles. The molecule has 0 aliphatic carbocycles. The van der Waals surface area contributed by atoms with Crippen molar-refractivity contribution in [1.29, 1.82) is 0 Å². The number of esters is 1. The molecule has 4 heteroatoms. The van der Waals surface area contributed by atoms with Crippen molar-refractivity contribution in [3.8, 4) is 0 Å². The molecule has 0 bridgehead atoms. The van der Waals surface area contributed by atoms with Gasteiger partial charge in [-0.05, 0) is 19.4 Å². The summed E-state index contributed by atoms with van der Waals surface area (Å²) in [5.41, 5.74) is 0.966. The first-order chi connectivity index (χ1) is 10.2. The van der Waals surface area contributed by atoms with Crippen LogP contribution in [0.1, 0.15) is 19.4 Å². The zero-order valence-electron chi connectivity index (χ0n) is 12.4. The minimum atomic E-state index is -0.685. The van der Waals surface area contributed by atoms with Gasteiger partial charge in [-0.1, -0.05) is 48.6 Å². The van der Waals surface area contributed by atoms with Crippen LogP contribution in [0.5, 0.6) is 0 Å². The topological polar surface area (TPSA) is 55.4 Å². The Bertz CT molecular complexity index is 506. The molecule has 1 aromatic rings. The van der Waals surface area contributed by atoms with Gasteiger partial charge in [0, 0.05) is 12.5 Å². The van der Waals surface area contributed by atoms with Crippen LogP contribution in [0, 0.1) is 0 Å². The average molecular weight is 287 g/mol. The lowest BCUT2D eigenvalue weighted by Crippen LogP contribution is -2.42. The molecule has 0 unspecified atom stereocenters. The average Bonchev–Trinajstić information content (AvgIpc) is 2.48. The summed E-state index contributed by atoms with van der Waals surface area (Å²) in [5, 5.41) is 2.67. The molecule has 1 aromatic carbocycles. The van der Waals surface area contributed by atoms with Crippen LogP contribution in [-0.4, -0.2) is 24.5 Å². The lowest BCUT2D eigenvalue weighted by atomic mass is 10.1. The van der Waals surface area contributed by atoms with Crippen LogP contribution in [0.15, 0.2) is 54.6 Å². The van der Waals surface area contributed by atoms with E-state index in [9.17, 15) is 9.59 Å². The molecule has 0 aliphatic heterocycles. The Labute approximate surface area is 125 Å². The summed E-state index contributed by atoms with van der Waals surface area (Å²) in [6.07, 6.45) is 6.98. The minimum absolute atomic E-state index is 0.286. The largest absolute Gasteiger partial charge is 0.464 e. The third kappa shape index (κ3) is 6.56. The zero-order valence-corrected chi connectivity index (χ0v) is 12.4. The van der Waals surface area contributed by atoms with Crippen molar-refractivity contribution in [2.45, 2.75) is 26.3 Å². The Kier molecular flexibility index (Phi) is 7.58. The second kappa shape index (κ2) is 9.53. The van der Waals surface area contributed by atoms with Crippen LogP contribution in [-0.2, 0) is 20.7 Å². The first kappa shape index (κ1) is 16.7. The van der Waals surface area contributed by atoms with Gasteiger partial charge in [-0.15, -0.1) is 0 Å². The first-order valence-corrected chi connectivity index (χ1v) is 6.97. The standard InChI is InChI=1S/C17H21NO3/c1-3-5-7-12-16(19)18-15(17(20)21-4-2)13-14-10-8-6-9-11-14/h3,5-12,15H,4,13H2,1-2H3,(H,18,19)/b5-3+,12-7+/t15-/m0/s1. The number of carbonyl (C=O) groups excluding carboxylic acids is 2. The van der Waals surface area contributed by atoms with Gasteiger partial charge in [0.05, 0.1) is 6.61 Å². The number of nitrogens with one attached hydrogen (secondary N) is 1. The molecule has 1 amide bonds. The molecule has 1 rings (SSSR count). The van der Waals surface area contributed by atoms with Crippen LogP contribution in [0.25, 0.3) is 0 Å². The molecule has 0 saturated carbocycles. The molecule has 21 heavy (non-hydrogen) atoms. The second-order valence-corrected chi connectivity index (χ2v) is 4.39. The molecule has 0 heterocycles. The summed E-state index contributed by atoms with van der Waals surface area (Å²) in [5.74, 6) is -0.740. The number of hydrogen-bond acceptors (Lipinski definition) is 3. The Morgan fingerprint density at radius 1 is 1.24 bits per heavy atom. The highest BCUT2D eigenvalue weighted by atomic mass is 16.5. The van der Waals surface area contributed by atoms with Crippen LogP contribution >= 0.6 is 0 Å². The highest BCUT2D eigenvalue weighted by molar-refractivity contribution is 5.91. The van der Waals surface area contributed by atoms with E-state index in [0.717, 1.165) is 5.56 Å². The van der Waals surface area contributed by atoms with E-state index in [1.54, 1.807) is 19.1 Å². The molecule has 0 radical (unpaired) electrons. The quantitative estimate of drug-likeness (QED) is 0.476. The van der Waals surface area contributed by atoms with E-state index < -0.39 is 12.0 Å². The lowest BCUT2D eigenvalue weighted by Gasteiger charge is -2.16. The predicted octanol–water partition coefficient (Wildman–Crippen LogP) is 2.41. The van der Waals surface area contributed by atoms with Crippen LogP contribution in [0.3, 0.4) is 0 Å². The van der Waals surface area contributed by atoms with Gasteiger partial charge in [-0.25, -0.2) is 4.79 Å². The van der Waals surface area contributed by atoms with Crippen molar-refractivity contribution in [1.82, 2.24) is 5.32 Å². The molecular formula is C17H21NO3. The smallest absolute Gasteiger partial charge is 0.328 e. The van der Waals surface area contributed by atoms with Crippen molar-refractivity contribution in [2.24, 2.45) is 0 Å². The molecule has 0 aliphatic rings. The number of rotatable bonds is 7. The van der Waals surface area contributed by atoms with Gasteiger partial charge in [0.25, 0.3) is 0 Å². The number of amides is 1. The Balaban J connectivity index is 2.73.